The van der Waals surface area contributed by atoms with Crippen molar-refractivity contribution in [3.05, 3.63) is 34.9 Å². The minimum absolute atomic E-state index is 0.0117. The smallest absolute Gasteiger partial charge is 0.408 e. The molecule has 234 valence electrons. The molecule has 2 atom stereocenters. The highest BCUT2D eigenvalue weighted by Gasteiger charge is 2.31. The van der Waals surface area contributed by atoms with Crippen molar-refractivity contribution in [2.45, 2.75) is 77.0 Å². The van der Waals surface area contributed by atoms with Crippen LogP contribution in [0.25, 0.3) is 0 Å². The minimum Gasteiger partial charge on any atom is -0.467 e. The molecular weight excluding hydrogens is 568 g/mol. The zero-order chi connectivity index (χ0) is 30.9. The van der Waals surface area contributed by atoms with Gasteiger partial charge in [-0.15, -0.1) is 0 Å². The van der Waals surface area contributed by atoms with Gasteiger partial charge in [-0.1, -0.05) is 55.8 Å². The second-order valence-corrected chi connectivity index (χ2v) is 10.7. The second-order valence-electron chi connectivity index (χ2n) is 10.2. The van der Waals surface area contributed by atoms with E-state index < -0.39 is 36.1 Å². The molecule has 0 aliphatic heterocycles. The van der Waals surface area contributed by atoms with Crippen LogP contribution < -0.4 is 16.0 Å². The Labute approximate surface area is 252 Å². The number of nitrogens with zero attached hydrogens (tertiary/aromatic N) is 1. The van der Waals surface area contributed by atoms with Crippen LogP contribution in [0.1, 0.15) is 63.9 Å². The molecule has 2 rings (SSSR count). The lowest BCUT2D eigenvalue weighted by molar-refractivity contribution is -0.145. The lowest BCUT2D eigenvalue weighted by Crippen LogP contribution is -2.52. The highest BCUT2D eigenvalue weighted by atomic mass is 35.5. The van der Waals surface area contributed by atoms with Gasteiger partial charge < -0.3 is 35.1 Å². The van der Waals surface area contributed by atoms with Crippen molar-refractivity contribution >= 4 is 41.6 Å². The molecule has 42 heavy (non-hydrogen) atoms. The Balaban J connectivity index is 1.98. The number of likely N-dealkylation sites (N-methyl/N-ethyl adjacent to an activating group) is 1. The SMILES string of the molecule is CCOC(=O)NCCN(C)C(=O)CC[C@H](NC(=O)[C@H](CC1CCCCC1)NC(=O)OCc1cccc(Cl)c1)C(=O)OC. The molecule has 0 saturated heterocycles. The van der Waals surface area contributed by atoms with E-state index in [9.17, 15) is 24.0 Å². The summed E-state index contributed by atoms with van der Waals surface area (Å²) >= 11 is 6.00. The van der Waals surface area contributed by atoms with Crippen molar-refractivity contribution < 1.29 is 38.2 Å². The summed E-state index contributed by atoms with van der Waals surface area (Å²) in [6.07, 6.45) is 4.09. The number of benzene rings is 1. The maximum absolute atomic E-state index is 13.4. The molecule has 1 aromatic carbocycles. The molecule has 0 radical (unpaired) electrons. The third kappa shape index (κ3) is 13.0. The van der Waals surface area contributed by atoms with E-state index in [4.69, 9.17) is 25.8 Å². The second kappa shape index (κ2) is 18.8. The quantitative estimate of drug-likeness (QED) is 0.201. The van der Waals surface area contributed by atoms with E-state index in [2.05, 4.69) is 16.0 Å². The van der Waals surface area contributed by atoms with Crippen LogP contribution in [0.2, 0.25) is 5.02 Å². The number of ether oxygens (including phenoxy) is 3. The summed E-state index contributed by atoms with van der Waals surface area (Å²) in [5.74, 6) is -1.32. The zero-order valence-electron chi connectivity index (χ0n) is 24.6. The van der Waals surface area contributed by atoms with Crippen LogP contribution in [0.4, 0.5) is 9.59 Å². The van der Waals surface area contributed by atoms with Gasteiger partial charge in [0.1, 0.15) is 18.7 Å². The summed E-state index contributed by atoms with van der Waals surface area (Å²) in [5, 5.41) is 8.37. The molecule has 1 aromatic rings. The fraction of sp³-hybridized carbons (Fsp3) is 0.621. The van der Waals surface area contributed by atoms with Gasteiger partial charge in [0, 0.05) is 31.6 Å². The number of alkyl carbamates (subject to hydrolysis) is 2. The number of esters is 1. The first kappa shape index (κ1) is 34.7. The lowest BCUT2D eigenvalue weighted by atomic mass is 9.84. The lowest BCUT2D eigenvalue weighted by Gasteiger charge is -2.27. The van der Waals surface area contributed by atoms with Crippen LogP contribution in [0.5, 0.6) is 0 Å². The molecule has 12 nitrogen and oxygen atoms in total. The number of carbonyl (C=O) groups excluding carboxylic acids is 5. The van der Waals surface area contributed by atoms with Gasteiger partial charge in [-0.2, -0.15) is 0 Å². The molecule has 1 aliphatic carbocycles. The van der Waals surface area contributed by atoms with Gasteiger partial charge in [-0.25, -0.2) is 14.4 Å². The van der Waals surface area contributed by atoms with Crippen LogP contribution in [0.15, 0.2) is 24.3 Å². The Morgan fingerprint density at radius 1 is 1.02 bits per heavy atom. The Kier molecular flexibility index (Phi) is 15.5. The van der Waals surface area contributed by atoms with E-state index >= 15 is 0 Å². The Morgan fingerprint density at radius 3 is 2.43 bits per heavy atom. The number of carbonyl (C=O) groups is 5. The van der Waals surface area contributed by atoms with Gasteiger partial charge in [0.25, 0.3) is 0 Å². The molecule has 4 amide bonds. The maximum atomic E-state index is 13.4. The van der Waals surface area contributed by atoms with Crippen molar-refractivity contribution in [2.24, 2.45) is 5.92 Å². The molecule has 0 aromatic heterocycles. The van der Waals surface area contributed by atoms with Crippen LogP contribution in [0, 0.1) is 5.92 Å². The Hall–Kier alpha value is -3.54. The molecule has 1 fully saturated rings. The van der Waals surface area contributed by atoms with Crippen molar-refractivity contribution in [1.29, 1.82) is 0 Å². The third-order valence-corrected chi connectivity index (χ3v) is 7.26. The molecule has 0 heterocycles. The standard InChI is InChI=1S/C29H43ClN4O8/c1-4-41-28(38)31-15-16-34(2)25(35)14-13-23(27(37)40-3)32-26(36)24(18-20-9-6-5-7-10-20)33-29(39)42-19-21-11-8-12-22(30)17-21/h8,11-12,17,20,23-24H,4-7,9-10,13-16,18-19H2,1-3H3,(H,31,38)(H,32,36)(H,33,39)/t23-,24-/m0/s1. The number of halogens is 1. The van der Waals surface area contributed by atoms with Gasteiger partial charge in [0.2, 0.25) is 11.8 Å². The normalized spacial score (nSPS) is 14.6. The van der Waals surface area contributed by atoms with Gasteiger partial charge >= 0.3 is 18.2 Å². The molecular formula is C29H43ClN4O8. The van der Waals surface area contributed by atoms with E-state index in [0.717, 1.165) is 32.1 Å². The predicted molar refractivity (Wildman–Crippen MR) is 156 cm³/mol. The van der Waals surface area contributed by atoms with Crippen molar-refractivity contribution in [2.75, 3.05) is 33.9 Å². The van der Waals surface area contributed by atoms with Crippen LogP contribution in [0.3, 0.4) is 0 Å². The molecule has 1 saturated carbocycles. The van der Waals surface area contributed by atoms with Crippen LogP contribution in [-0.2, 0) is 35.2 Å². The minimum atomic E-state index is -1.10. The van der Waals surface area contributed by atoms with Gasteiger partial charge in [-0.05, 0) is 43.4 Å². The van der Waals surface area contributed by atoms with E-state index in [1.807, 2.05) is 0 Å². The number of rotatable bonds is 15. The predicted octanol–water partition coefficient (Wildman–Crippen LogP) is 3.55. The molecule has 0 unspecified atom stereocenters. The first-order chi connectivity index (χ1) is 20.1. The monoisotopic (exact) mass is 610 g/mol. The molecule has 3 N–H and O–H groups in total. The summed E-state index contributed by atoms with van der Waals surface area (Å²) in [6.45, 7) is 2.33. The van der Waals surface area contributed by atoms with Crippen molar-refractivity contribution in [1.82, 2.24) is 20.9 Å². The number of amides is 4. The number of nitrogens with one attached hydrogen (secondary N) is 3. The summed E-state index contributed by atoms with van der Waals surface area (Å²) in [4.78, 5) is 64.0. The number of methoxy groups -OCH3 is 1. The summed E-state index contributed by atoms with van der Waals surface area (Å²) < 4.78 is 15.0. The van der Waals surface area contributed by atoms with E-state index in [-0.39, 0.29) is 51.0 Å². The maximum Gasteiger partial charge on any atom is 0.408 e. The highest BCUT2D eigenvalue weighted by Crippen LogP contribution is 2.27. The number of hydrogen-bond donors (Lipinski definition) is 3. The topological polar surface area (TPSA) is 152 Å². The fourth-order valence-electron chi connectivity index (χ4n) is 4.70. The van der Waals surface area contributed by atoms with Crippen LogP contribution >= 0.6 is 11.6 Å². The molecule has 1 aliphatic rings. The first-order valence-electron chi connectivity index (χ1n) is 14.3. The third-order valence-electron chi connectivity index (χ3n) is 7.03. The van der Waals surface area contributed by atoms with Crippen LogP contribution in [-0.4, -0.2) is 80.8 Å². The van der Waals surface area contributed by atoms with E-state index in [1.54, 1.807) is 38.2 Å². The first-order valence-corrected chi connectivity index (χ1v) is 14.7. The van der Waals surface area contributed by atoms with Crippen molar-refractivity contribution in [3.8, 4) is 0 Å². The largest absolute Gasteiger partial charge is 0.467 e. The summed E-state index contributed by atoms with van der Waals surface area (Å²) in [6, 6.07) is 4.85. The van der Waals surface area contributed by atoms with Crippen molar-refractivity contribution in [3.63, 3.8) is 0 Å². The van der Waals surface area contributed by atoms with Gasteiger partial charge in [0.05, 0.1) is 13.7 Å². The highest BCUT2D eigenvalue weighted by molar-refractivity contribution is 6.30. The molecule has 0 bridgehead atoms. The van der Waals surface area contributed by atoms with Gasteiger partial charge in [-0.3, -0.25) is 9.59 Å². The fourth-order valence-corrected chi connectivity index (χ4v) is 4.91. The van der Waals surface area contributed by atoms with E-state index in [1.165, 1.54) is 12.0 Å². The molecule has 13 heteroatoms. The Bertz CT molecular complexity index is 1050. The average molecular weight is 611 g/mol. The zero-order valence-corrected chi connectivity index (χ0v) is 25.4. The molecule has 0 spiro atoms. The Morgan fingerprint density at radius 2 is 1.76 bits per heavy atom. The summed E-state index contributed by atoms with van der Waals surface area (Å²) in [5.41, 5.74) is 0.697. The number of hydrogen-bond acceptors (Lipinski definition) is 8. The average Bonchev–Trinajstić information content (AvgIpc) is 2.97. The summed E-state index contributed by atoms with van der Waals surface area (Å²) in [7, 11) is 2.77. The van der Waals surface area contributed by atoms with E-state index in [0.29, 0.717) is 17.0 Å². The van der Waals surface area contributed by atoms with Gasteiger partial charge in [0.15, 0.2) is 0 Å².